The molecule has 45 heavy (non-hydrogen) atoms. The molecule has 6 aromatic rings. The van der Waals surface area contributed by atoms with E-state index in [1.807, 2.05) is 0 Å². The van der Waals surface area contributed by atoms with Crippen LogP contribution in [0.25, 0.3) is 11.1 Å². The highest BCUT2D eigenvalue weighted by Gasteiger charge is 2.17. The largest absolute Gasteiger partial charge is 0.310 e. The molecule has 0 heterocycles. The SMILES string of the molecule is CCc1ccc(N(c2ccc(-c3ccc(N(c4ccccc4C)c4cc(C)ccc4C)cc3)cc2)c2cccc(C)c2)cc1C. The molecule has 0 aliphatic rings. The first kappa shape index (κ1) is 30.0. The van der Waals surface area contributed by atoms with E-state index in [1.54, 1.807) is 0 Å². The molecular formula is C43H42N2. The molecule has 0 aliphatic carbocycles. The van der Waals surface area contributed by atoms with Crippen LogP contribution in [0, 0.1) is 34.6 Å². The topological polar surface area (TPSA) is 6.48 Å². The molecule has 0 spiro atoms. The molecule has 2 nitrogen and oxygen atoms in total. The van der Waals surface area contributed by atoms with Crippen molar-refractivity contribution in [3.05, 3.63) is 167 Å². The summed E-state index contributed by atoms with van der Waals surface area (Å²) in [6.45, 7) is 13.1. The molecule has 0 saturated carbocycles. The minimum atomic E-state index is 1.04. The molecule has 0 unspecified atom stereocenters. The van der Waals surface area contributed by atoms with Crippen LogP contribution in [0.3, 0.4) is 0 Å². The molecule has 0 fully saturated rings. The van der Waals surface area contributed by atoms with Crippen LogP contribution in [0.2, 0.25) is 0 Å². The molecular weight excluding hydrogens is 544 g/mol. The van der Waals surface area contributed by atoms with E-state index in [2.05, 4.69) is 185 Å². The molecule has 0 aliphatic heterocycles. The van der Waals surface area contributed by atoms with E-state index < -0.39 is 0 Å². The molecule has 0 saturated heterocycles. The average Bonchev–Trinajstić information content (AvgIpc) is 3.05. The van der Waals surface area contributed by atoms with Crippen molar-refractivity contribution < 1.29 is 0 Å². The number of benzene rings is 6. The summed E-state index contributed by atoms with van der Waals surface area (Å²) >= 11 is 0. The van der Waals surface area contributed by atoms with Crippen molar-refractivity contribution in [3.63, 3.8) is 0 Å². The zero-order chi connectivity index (χ0) is 31.5. The third-order valence-corrected chi connectivity index (χ3v) is 8.77. The van der Waals surface area contributed by atoms with Gasteiger partial charge in [0.2, 0.25) is 0 Å². The lowest BCUT2D eigenvalue weighted by atomic mass is 10.0. The quantitative estimate of drug-likeness (QED) is 0.175. The first-order chi connectivity index (χ1) is 21.8. The summed E-state index contributed by atoms with van der Waals surface area (Å²) in [5.74, 6) is 0. The van der Waals surface area contributed by atoms with Crippen LogP contribution in [0.5, 0.6) is 0 Å². The number of hydrogen-bond donors (Lipinski definition) is 0. The molecule has 0 aromatic heterocycles. The number of nitrogens with zero attached hydrogens (tertiary/aromatic N) is 2. The Morgan fingerprint density at radius 2 is 0.978 bits per heavy atom. The standard InChI is InChI=1S/C43H42N2/c1-7-35-17-26-41(29-34(35)6)44(40-13-10-11-30(2)27-40)38-22-18-36(19-23-38)37-20-24-39(25-21-37)45(42-14-9-8-12-32(42)4)43-28-31(3)15-16-33(43)5/h8-29H,7H2,1-6H3. The van der Waals surface area contributed by atoms with Crippen molar-refractivity contribution >= 4 is 34.1 Å². The maximum absolute atomic E-state index is 2.38. The Morgan fingerprint density at radius 1 is 0.400 bits per heavy atom. The van der Waals surface area contributed by atoms with E-state index in [9.17, 15) is 0 Å². The molecule has 6 rings (SSSR count). The third-order valence-electron chi connectivity index (χ3n) is 8.77. The lowest BCUT2D eigenvalue weighted by molar-refractivity contribution is 1.10. The van der Waals surface area contributed by atoms with Crippen molar-refractivity contribution in [1.29, 1.82) is 0 Å². The molecule has 0 bridgehead atoms. The minimum Gasteiger partial charge on any atom is -0.310 e. The second kappa shape index (κ2) is 12.9. The van der Waals surface area contributed by atoms with Crippen LogP contribution in [0.4, 0.5) is 34.1 Å². The molecule has 0 amide bonds. The van der Waals surface area contributed by atoms with Crippen molar-refractivity contribution in [2.45, 2.75) is 48.0 Å². The molecule has 0 atom stereocenters. The first-order valence-electron chi connectivity index (χ1n) is 15.9. The van der Waals surface area contributed by atoms with Crippen LogP contribution in [0.1, 0.15) is 40.3 Å². The number of hydrogen-bond acceptors (Lipinski definition) is 2. The molecule has 0 N–H and O–H groups in total. The molecule has 2 heteroatoms. The van der Waals surface area contributed by atoms with Gasteiger partial charge in [0.25, 0.3) is 0 Å². The summed E-state index contributed by atoms with van der Waals surface area (Å²) in [5, 5.41) is 0. The fourth-order valence-electron chi connectivity index (χ4n) is 6.22. The van der Waals surface area contributed by atoms with E-state index in [-0.39, 0.29) is 0 Å². The predicted molar refractivity (Wildman–Crippen MR) is 194 cm³/mol. The van der Waals surface area contributed by atoms with E-state index in [0.717, 1.165) is 17.8 Å². The number of para-hydroxylation sites is 1. The van der Waals surface area contributed by atoms with Gasteiger partial charge >= 0.3 is 0 Å². The van der Waals surface area contributed by atoms with Gasteiger partial charge in [0.15, 0.2) is 0 Å². The van der Waals surface area contributed by atoms with Gasteiger partial charge in [-0.25, -0.2) is 0 Å². The lowest BCUT2D eigenvalue weighted by Gasteiger charge is -2.29. The zero-order valence-corrected chi connectivity index (χ0v) is 27.3. The Bertz CT molecular complexity index is 1930. The Morgan fingerprint density at radius 3 is 1.60 bits per heavy atom. The van der Waals surface area contributed by atoms with Crippen molar-refractivity contribution in [3.8, 4) is 11.1 Å². The molecule has 0 radical (unpaired) electrons. The lowest BCUT2D eigenvalue weighted by Crippen LogP contribution is -2.12. The van der Waals surface area contributed by atoms with Crippen molar-refractivity contribution in [1.82, 2.24) is 0 Å². The van der Waals surface area contributed by atoms with E-state index in [1.165, 1.54) is 67.3 Å². The minimum absolute atomic E-state index is 1.04. The fraction of sp³-hybridized carbons (Fsp3) is 0.163. The van der Waals surface area contributed by atoms with Gasteiger partial charge in [0.05, 0.1) is 0 Å². The van der Waals surface area contributed by atoms with Gasteiger partial charge in [0.1, 0.15) is 0 Å². The van der Waals surface area contributed by atoms with Crippen LogP contribution in [0.15, 0.2) is 133 Å². The van der Waals surface area contributed by atoms with Crippen LogP contribution < -0.4 is 9.80 Å². The Balaban J connectivity index is 1.35. The highest BCUT2D eigenvalue weighted by Crippen LogP contribution is 2.40. The summed E-state index contributed by atoms with van der Waals surface area (Å²) in [4.78, 5) is 4.74. The third kappa shape index (κ3) is 6.28. The van der Waals surface area contributed by atoms with Gasteiger partial charge in [0, 0.05) is 34.1 Å². The fourth-order valence-corrected chi connectivity index (χ4v) is 6.22. The van der Waals surface area contributed by atoms with Crippen LogP contribution in [-0.4, -0.2) is 0 Å². The molecule has 224 valence electrons. The Labute approximate surface area is 269 Å². The average molecular weight is 587 g/mol. The highest BCUT2D eigenvalue weighted by molar-refractivity contribution is 5.82. The summed E-state index contributed by atoms with van der Waals surface area (Å²) in [6.07, 6.45) is 1.04. The maximum atomic E-state index is 2.38. The predicted octanol–water partition coefficient (Wildman–Crippen LogP) is 12.4. The van der Waals surface area contributed by atoms with Gasteiger partial charge in [-0.1, -0.05) is 79.7 Å². The van der Waals surface area contributed by atoms with Gasteiger partial charge in [-0.15, -0.1) is 0 Å². The smallest absolute Gasteiger partial charge is 0.0493 e. The first-order valence-corrected chi connectivity index (χ1v) is 15.9. The highest BCUT2D eigenvalue weighted by atomic mass is 15.1. The van der Waals surface area contributed by atoms with Gasteiger partial charge < -0.3 is 9.80 Å². The van der Waals surface area contributed by atoms with E-state index >= 15 is 0 Å². The van der Waals surface area contributed by atoms with Gasteiger partial charge in [-0.2, -0.15) is 0 Å². The number of anilines is 6. The van der Waals surface area contributed by atoms with E-state index in [4.69, 9.17) is 0 Å². The van der Waals surface area contributed by atoms with Crippen LogP contribution in [-0.2, 0) is 6.42 Å². The van der Waals surface area contributed by atoms with Crippen molar-refractivity contribution in [2.75, 3.05) is 9.80 Å². The normalized spacial score (nSPS) is 11.0. The maximum Gasteiger partial charge on any atom is 0.0493 e. The second-order valence-corrected chi connectivity index (χ2v) is 12.1. The summed E-state index contributed by atoms with van der Waals surface area (Å²) in [5.41, 5.74) is 17.1. The summed E-state index contributed by atoms with van der Waals surface area (Å²) in [7, 11) is 0. The Hall–Kier alpha value is -5.08. The molecule has 6 aromatic carbocycles. The number of aryl methyl sites for hydroxylation is 6. The monoisotopic (exact) mass is 586 g/mol. The van der Waals surface area contributed by atoms with Crippen molar-refractivity contribution in [2.24, 2.45) is 0 Å². The zero-order valence-electron chi connectivity index (χ0n) is 27.3. The Kier molecular flexibility index (Phi) is 8.58. The summed E-state index contributed by atoms with van der Waals surface area (Å²) < 4.78 is 0. The van der Waals surface area contributed by atoms with Gasteiger partial charge in [-0.05, 0) is 146 Å². The number of rotatable bonds is 8. The van der Waals surface area contributed by atoms with E-state index in [0.29, 0.717) is 0 Å². The second-order valence-electron chi connectivity index (χ2n) is 12.1. The van der Waals surface area contributed by atoms with Crippen LogP contribution >= 0.6 is 0 Å². The summed E-state index contributed by atoms with van der Waals surface area (Å²) in [6, 6.07) is 48.8. The van der Waals surface area contributed by atoms with Gasteiger partial charge in [-0.3, -0.25) is 0 Å².